The largest absolute Gasteiger partial charge is 0.484 e. The first-order valence-corrected chi connectivity index (χ1v) is 11.6. The highest BCUT2D eigenvalue weighted by molar-refractivity contribution is 7.17. The zero-order chi connectivity index (χ0) is 23.7. The normalized spacial score (nSPS) is 12.4. The zero-order valence-corrected chi connectivity index (χ0v) is 20.2. The number of thiophene rings is 1. The van der Waals surface area contributed by atoms with Crippen molar-refractivity contribution in [2.45, 2.75) is 26.2 Å². The second kappa shape index (κ2) is 9.52. The molecular formula is C24H25ClN4O3S. The molecule has 3 aromatic heterocycles. The molecule has 0 saturated carbocycles. The number of aliphatic hydroxyl groups is 1. The van der Waals surface area contributed by atoms with Crippen LogP contribution in [-0.4, -0.2) is 39.4 Å². The molecule has 3 N–H and O–H groups in total. The van der Waals surface area contributed by atoms with Gasteiger partial charge in [0, 0.05) is 29.4 Å². The molecule has 3 heterocycles. The van der Waals surface area contributed by atoms with Crippen LogP contribution in [0.4, 0.5) is 0 Å². The van der Waals surface area contributed by atoms with E-state index in [4.69, 9.17) is 22.1 Å². The van der Waals surface area contributed by atoms with Crippen molar-refractivity contribution in [3.05, 3.63) is 75.4 Å². The van der Waals surface area contributed by atoms with E-state index in [0.29, 0.717) is 15.6 Å². The van der Waals surface area contributed by atoms with E-state index in [-0.39, 0.29) is 6.61 Å². The van der Waals surface area contributed by atoms with Gasteiger partial charge < -0.3 is 20.5 Å². The van der Waals surface area contributed by atoms with E-state index in [2.05, 4.69) is 9.88 Å². The van der Waals surface area contributed by atoms with Gasteiger partial charge in [-0.15, -0.1) is 11.3 Å². The lowest BCUT2D eigenvalue weighted by atomic mass is 10.1. The maximum Gasteiger partial charge on any atom is 0.262 e. The van der Waals surface area contributed by atoms with E-state index in [1.54, 1.807) is 12.3 Å². The Morgan fingerprint density at radius 3 is 2.70 bits per heavy atom. The number of halogens is 1. The molecule has 0 aliphatic heterocycles. The number of rotatable bonds is 8. The van der Waals surface area contributed by atoms with Crippen LogP contribution in [-0.2, 0) is 13.2 Å². The molecule has 0 aliphatic carbocycles. The minimum absolute atomic E-state index is 0.0789. The van der Waals surface area contributed by atoms with Crippen molar-refractivity contribution in [1.29, 1.82) is 0 Å². The molecule has 0 fully saturated rings. The third-order valence-corrected chi connectivity index (χ3v) is 6.71. The Bertz CT molecular complexity index is 1310. The van der Waals surface area contributed by atoms with Crippen molar-refractivity contribution < 1.29 is 14.6 Å². The van der Waals surface area contributed by atoms with Crippen molar-refractivity contribution in [2.75, 3.05) is 14.1 Å². The summed E-state index contributed by atoms with van der Waals surface area (Å²) in [6.45, 7) is 2.59. The molecule has 0 spiro atoms. The van der Waals surface area contributed by atoms with Crippen LogP contribution >= 0.6 is 22.9 Å². The van der Waals surface area contributed by atoms with Gasteiger partial charge in [-0.1, -0.05) is 29.8 Å². The molecule has 4 aromatic rings. The molecule has 9 heteroatoms. The molecular weight excluding hydrogens is 460 g/mol. The van der Waals surface area contributed by atoms with Crippen molar-refractivity contribution in [3.63, 3.8) is 0 Å². The van der Waals surface area contributed by atoms with Gasteiger partial charge in [0.05, 0.1) is 23.4 Å². The number of hydrogen-bond donors (Lipinski definition) is 2. The summed E-state index contributed by atoms with van der Waals surface area (Å²) in [7, 11) is 4.00. The Balaban J connectivity index is 1.66. The molecule has 7 nitrogen and oxygen atoms in total. The molecule has 33 heavy (non-hydrogen) atoms. The Morgan fingerprint density at radius 2 is 2.03 bits per heavy atom. The molecule has 1 unspecified atom stereocenters. The summed E-state index contributed by atoms with van der Waals surface area (Å²) < 4.78 is 8.05. The van der Waals surface area contributed by atoms with Crippen LogP contribution in [0.25, 0.3) is 16.2 Å². The van der Waals surface area contributed by atoms with Gasteiger partial charge in [0.25, 0.3) is 5.91 Å². The third-order valence-electron chi connectivity index (χ3n) is 5.23. The number of imidazole rings is 1. The van der Waals surface area contributed by atoms with E-state index in [1.165, 1.54) is 11.3 Å². The Morgan fingerprint density at radius 1 is 1.27 bits per heavy atom. The number of amides is 1. The number of primary amides is 1. The average Bonchev–Trinajstić information content (AvgIpc) is 3.36. The summed E-state index contributed by atoms with van der Waals surface area (Å²) in [5.74, 6) is -0.164. The van der Waals surface area contributed by atoms with E-state index in [9.17, 15) is 9.90 Å². The van der Waals surface area contributed by atoms with Gasteiger partial charge in [-0.2, -0.15) is 0 Å². The van der Waals surface area contributed by atoms with Crippen LogP contribution in [0.15, 0.2) is 48.8 Å². The average molecular weight is 485 g/mol. The number of benzene rings is 1. The molecule has 1 atom stereocenters. The fourth-order valence-corrected chi connectivity index (χ4v) is 4.98. The van der Waals surface area contributed by atoms with Crippen LogP contribution in [0.5, 0.6) is 5.75 Å². The van der Waals surface area contributed by atoms with E-state index in [0.717, 1.165) is 39.5 Å². The maximum atomic E-state index is 12.2. The van der Waals surface area contributed by atoms with Crippen LogP contribution in [0.3, 0.4) is 0 Å². The van der Waals surface area contributed by atoms with Gasteiger partial charge in [-0.3, -0.25) is 9.20 Å². The number of carbonyl (C=O) groups excluding carboxylic acids is 1. The van der Waals surface area contributed by atoms with Gasteiger partial charge in [-0.25, -0.2) is 4.98 Å². The standard InChI is InChI=1S/C24H25ClN4O3S/c1-14(17-6-4-15(8-18(17)25)11-28(2)3)32-20-9-21(33-23(20)24(26)31)19-10-27-22-7-5-16(13-30)12-29(19)22/h4-10,12,14,30H,11,13H2,1-3H3,(H2,26,31). The first kappa shape index (κ1) is 23.3. The molecule has 172 valence electrons. The lowest BCUT2D eigenvalue weighted by molar-refractivity contribution is 0.0998. The number of aliphatic hydroxyl groups excluding tert-OH is 1. The quantitative estimate of drug-likeness (QED) is 0.384. The lowest BCUT2D eigenvalue weighted by Gasteiger charge is -2.17. The number of fused-ring (bicyclic) bond motifs is 1. The Labute approximate surface area is 201 Å². The molecule has 0 radical (unpaired) electrons. The predicted octanol–water partition coefficient (Wildman–Crippen LogP) is 4.51. The van der Waals surface area contributed by atoms with Crippen molar-refractivity contribution in [1.82, 2.24) is 14.3 Å². The first-order valence-electron chi connectivity index (χ1n) is 10.4. The van der Waals surface area contributed by atoms with Gasteiger partial charge in [-0.05, 0) is 44.3 Å². The van der Waals surface area contributed by atoms with Gasteiger partial charge in [0.15, 0.2) is 0 Å². The fraction of sp³-hybridized carbons (Fsp3) is 0.250. The molecule has 0 saturated heterocycles. The zero-order valence-electron chi connectivity index (χ0n) is 18.6. The SMILES string of the molecule is CC(Oc1cc(-c2cnc3ccc(CO)cn23)sc1C(N)=O)c1ccc(CN(C)C)cc1Cl. The van der Waals surface area contributed by atoms with E-state index in [1.807, 2.05) is 61.9 Å². The summed E-state index contributed by atoms with van der Waals surface area (Å²) >= 11 is 7.78. The first-order chi connectivity index (χ1) is 15.8. The molecule has 0 aliphatic rings. The predicted molar refractivity (Wildman–Crippen MR) is 131 cm³/mol. The van der Waals surface area contributed by atoms with Crippen molar-refractivity contribution >= 4 is 34.5 Å². The number of aromatic nitrogens is 2. The lowest BCUT2D eigenvalue weighted by Crippen LogP contribution is -2.13. The van der Waals surface area contributed by atoms with E-state index < -0.39 is 12.0 Å². The summed E-state index contributed by atoms with van der Waals surface area (Å²) in [4.78, 5) is 19.8. The van der Waals surface area contributed by atoms with Crippen molar-refractivity contribution in [3.8, 4) is 16.3 Å². The molecule has 1 aromatic carbocycles. The minimum Gasteiger partial charge on any atom is -0.484 e. The highest BCUT2D eigenvalue weighted by Gasteiger charge is 2.21. The highest BCUT2D eigenvalue weighted by Crippen LogP contribution is 2.39. The molecule has 1 amide bonds. The number of carbonyl (C=O) groups is 1. The van der Waals surface area contributed by atoms with Gasteiger partial charge in [0.1, 0.15) is 22.4 Å². The Hall–Kier alpha value is -2.91. The molecule has 4 rings (SSSR count). The topological polar surface area (TPSA) is 93.1 Å². The number of nitrogens with two attached hydrogens (primary N) is 1. The smallest absolute Gasteiger partial charge is 0.262 e. The maximum absolute atomic E-state index is 12.2. The van der Waals surface area contributed by atoms with Crippen molar-refractivity contribution in [2.24, 2.45) is 5.73 Å². The summed E-state index contributed by atoms with van der Waals surface area (Å²) in [5.41, 5.74) is 9.85. The third kappa shape index (κ3) is 4.89. The summed E-state index contributed by atoms with van der Waals surface area (Å²) in [6.07, 6.45) is 3.15. The minimum atomic E-state index is -0.564. The second-order valence-corrected chi connectivity index (χ2v) is 9.55. The van der Waals surface area contributed by atoms with E-state index >= 15 is 0 Å². The number of hydrogen-bond acceptors (Lipinski definition) is 6. The highest BCUT2D eigenvalue weighted by atomic mass is 35.5. The second-order valence-electron chi connectivity index (χ2n) is 8.09. The number of ether oxygens (including phenoxy) is 1. The van der Waals surface area contributed by atoms with Crippen LogP contribution in [0.1, 0.15) is 39.4 Å². The summed E-state index contributed by atoms with van der Waals surface area (Å²) in [6, 6.07) is 11.3. The summed E-state index contributed by atoms with van der Waals surface area (Å²) in [5, 5.41) is 10.1. The van der Waals surface area contributed by atoms with Crippen LogP contribution in [0, 0.1) is 0 Å². The molecule has 0 bridgehead atoms. The van der Waals surface area contributed by atoms with Gasteiger partial charge >= 0.3 is 0 Å². The number of pyridine rings is 1. The Kier molecular flexibility index (Phi) is 6.71. The van der Waals surface area contributed by atoms with Crippen LogP contribution in [0.2, 0.25) is 5.02 Å². The fourth-order valence-electron chi connectivity index (χ4n) is 3.68. The van der Waals surface area contributed by atoms with Gasteiger partial charge in [0.2, 0.25) is 0 Å². The van der Waals surface area contributed by atoms with Crippen LogP contribution < -0.4 is 10.5 Å². The monoisotopic (exact) mass is 484 g/mol. The number of nitrogens with zero attached hydrogens (tertiary/aromatic N) is 3.